The number of anilines is 2. The van der Waals surface area contributed by atoms with Crippen molar-refractivity contribution < 1.29 is 0 Å². The number of hydrogen-bond acceptors (Lipinski definition) is 1. The fourth-order valence-electron chi connectivity index (χ4n) is 5.08. The van der Waals surface area contributed by atoms with Gasteiger partial charge in [0, 0.05) is 22.3 Å². The molecule has 1 aliphatic heterocycles. The molecule has 0 spiro atoms. The van der Waals surface area contributed by atoms with Crippen LogP contribution in [0, 0.1) is 0 Å². The summed E-state index contributed by atoms with van der Waals surface area (Å²) in [5.74, 6) is 0. The second-order valence-electron chi connectivity index (χ2n) is 10.3. The molecule has 1 aliphatic rings. The molecule has 1 heteroatoms. The van der Waals surface area contributed by atoms with Crippen LogP contribution in [0.4, 0.5) is 11.4 Å². The van der Waals surface area contributed by atoms with E-state index >= 15 is 0 Å². The Bertz CT molecular complexity index is 1170. The minimum Gasteiger partial charge on any atom is -0.336 e. The number of nitrogens with zero attached hydrogens (tertiary/aromatic N) is 1. The van der Waals surface area contributed by atoms with Gasteiger partial charge in [-0.15, -0.1) is 0 Å². The number of hydrogen-bond donors (Lipinski definition) is 0. The van der Waals surface area contributed by atoms with Crippen molar-refractivity contribution in [2.45, 2.75) is 45.6 Å². The van der Waals surface area contributed by atoms with Gasteiger partial charge in [0.15, 0.2) is 0 Å². The molecule has 0 amide bonds. The van der Waals surface area contributed by atoms with Crippen LogP contribution in [0.2, 0.25) is 0 Å². The summed E-state index contributed by atoms with van der Waals surface area (Å²) >= 11 is 0. The second kappa shape index (κ2) is 7.38. The zero-order chi connectivity index (χ0) is 22.5. The van der Waals surface area contributed by atoms with Crippen molar-refractivity contribution >= 4 is 11.4 Å². The number of rotatable bonds is 2. The first kappa shape index (κ1) is 20.6. The quantitative estimate of drug-likeness (QED) is 0.315. The largest absolute Gasteiger partial charge is 0.336 e. The van der Waals surface area contributed by atoms with E-state index in [-0.39, 0.29) is 11.0 Å². The molecule has 0 saturated carbocycles. The normalized spacial score (nSPS) is 14.6. The Labute approximate surface area is 192 Å². The number of benzene rings is 4. The van der Waals surface area contributed by atoms with E-state index in [1.165, 1.54) is 44.8 Å². The van der Waals surface area contributed by atoms with Crippen LogP contribution >= 0.6 is 0 Å². The van der Waals surface area contributed by atoms with Gasteiger partial charge in [-0.05, 0) is 78.4 Å². The molecule has 4 aromatic carbocycles. The molecule has 0 unspecified atom stereocenters. The molecule has 0 saturated heterocycles. The van der Waals surface area contributed by atoms with Crippen LogP contribution in [0.5, 0.6) is 0 Å². The molecular weight excluding hydrogens is 386 g/mol. The smallest absolute Gasteiger partial charge is 0.0457 e. The Kier molecular flexibility index (Phi) is 4.74. The van der Waals surface area contributed by atoms with Crippen molar-refractivity contribution in [3.8, 4) is 22.3 Å². The summed E-state index contributed by atoms with van der Waals surface area (Å²) in [6, 6.07) is 35.4. The lowest BCUT2D eigenvalue weighted by molar-refractivity contribution is 0.530. The first-order chi connectivity index (χ1) is 15.3. The summed E-state index contributed by atoms with van der Waals surface area (Å²) in [6.45, 7) is 11.6. The molecular formula is C31H31N. The highest BCUT2D eigenvalue weighted by molar-refractivity contribution is 5.84. The summed E-state index contributed by atoms with van der Waals surface area (Å²) < 4.78 is 0. The Morgan fingerprint density at radius 2 is 0.938 bits per heavy atom. The highest BCUT2D eigenvalue weighted by Gasteiger charge is 2.40. The van der Waals surface area contributed by atoms with Gasteiger partial charge in [-0.1, -0.05) is 86.6 Å². The Hall–Kier alpha value is -3.32. The lowest BCUT2D eigenvalue weighted by Gasteiger charge is -2.48. The maximum Gasteiger partial charge on any atom is 0.0457 e. The molecule has 32 heavy (non-hydrogen) atoms. The lowest BCUT2D eigenvalue weighted by Crippen LogP contribution is -2.43. The average Bonchev–Trinajstić information content (AvgIpc) is 2.79. The zero-order valence-corrected chi connectivity index (χ0v) is 19.7. The Morgan fingerprint density at radius 1 is 0.531 bits per heavy atom. The minimum absolute atomic E-state index is 0.0392. The molecule has 1 heterocycles. The van der Waals surface area contributed by atoms with E-state index in [4.69, 9.17) is 0 Å². The maximum atomic E-state index is 2.52. The van der Waals surface area contributed by atoms with Crippen LogP contribution in [0.25, 0.3) is 22.3 Å². The molecule has 0 aliphatic carbocycles. The predicted octanol–water partition coefficient (Wildman–Crippen LogP) is 8.60. The molecule has 1 nitrogen and oxygen atoms in total. The van der Waals surface area contributed by atoms with Gasteiger partial charge in [-0.2, -0.15) is 0 Å². The van der Waals surface area contributed by atoms with Gasteiger partial charge in [-0.25, -0.2) is 0 Å². The summed E-state index contributed by atoms with van der Waals surface area (Å²) in [4.78, 5) is 2.52. The molecule has 0 N–H and O–H groups in total. The van der Waals surface area contributed by atoms with Crippen LogP contribution in [0.3, 0.4) is 0 Å². The van der Waals surface area contributed by atoms with E-state index in [0.717, 1.165) is 0 Å². The van der Waals surface area contributed by atoms with Crippen molar-refractivity contribution in [2.24, 2.45) is 0 Å². The van der Waals surface area contributed by atoms with Crippen LogP contribution in [0.1, 0.15) is 45.7 Å². The summed E-state index contributed by atoms with van der Waals surface area (Å²) in [7, 11) is 0. The molecule has 0 atom stereocenters. The fourth-order valence-corrected chi connectivity index (χ4v) is 5.08. The van der Waals surface area contributed by atoms with Crippen LogP contribution < -0.4 is 4.90 Å². The molecule has 0 radical (unpaired) electrons. The van der Waals surface area contributed by atoms with E-state index in [1.807, 2.05) is 0 Å². The van der Waals surface area contributed by atoms with E-state index < -0.39 is 0 Å². The second-order valence-corrected chi connectivity index (χ2v) is 10.3. The van der Waals surface area contributed by atoms with Gasteiger partial charge in [0.25, 0.3) is 0 Å². The fraction of sp³-hybridized carbons (Fsp3) is 0.226. The lowest BCUT2D eigenvalue weighted by atomic mass is 9.71. The Morgan fingerprint density at radius 3 is 1.31 bits per heavy atom. The van der Waals surface area contributed by atoms with Gasteiger partial charge < -0.3 is 4.90 Å². The summed E-state index contributed by atoms with van der Waals surface area (Å²) in [6.07, 6.45) is 0. The molecule has 5 rings (SSSR count). The SMILES string of the molecule is CC1(C)c2cc(-c3ccccc3)ccc2N(C(C)(C)C)c2ccc(-c3ccccc3)cc21. The third-order valence-corrected chi connectivity index (χ3v) is 6.71. The van der Waals surface area contributed by atoms with Gasteiger partial charge in [0.05, 0.1) is 0 Å². The number of fused-ring (bicyclic) bond motifs is 2. The van der Waals surface area contributed by atoms with Gasteiger partial charge in [0.1, 0.15) is 0 Å². The third-order valence-electron chi connectivity index (χ3n) is 6.71. The van der Waals surface area contributed by atoms with Crippen LogP contribution in [-0.2, 0) is 5.41 Å². The van der Waals surface area contributed by atoms with Gasteiger partial charge in [-0.3, -0.25) is 0 Å². The molecule has 160 valence electrons. The van der Waals surface area contributed by atoms with Crippen molar-refractivity contribution in [1.29, 1.82) is 0 Å². The minimum atomic E-state index is -0.109. The predicted molar refractivity (Wildman–Crippen MR) is 138 cm³/mol. The summed E-state index contributed by atoms with van der Waals surface area (Å²) in [5, 5.41) is 0. The molecule has 4 aromatic rings. The average molecular weight is 418 g/mol. The zero-order valence-electron chi connectivity index (χ0n) is 19.7. The van der Waals surface area contributed by atoms with E-state index in [9.17, 15) is 0 Å². The topological polar surface area (TPSA) is 3.24 Å². The van der Waals surface area contributed by atoms with Crippen molar-refractivity contribution in [1.82, 2.24) is 0 Å². The van der Waals surface area contributed by atoms with Crippen LogP contribution in [-0.4, -0.2) is 5.54 Å². The van der Waals surface area contributed by atoms with E-state index in [1.54, 1.807) is 0 Å². The highest BCUT2D eigenvalue weighted by atomic mass is 15.2. The monoisotopic (exact) mass is 417 g/mol. The third kappa shape index (κ3) is 3.33. The van der Waals surface area contributed by atoms with E-state index in [2.05, 4.69) is 137 Å². The molecule has 0 aromatic heterocycles. The van der Waals surface area contributed by atoms with Gasteiger partial charge >= 0.3 is 0 Å². The van der Waals surface area contributed by atoms with Gasteiger partial charge in [0.2, 0.25) is 0 Å². The highest BCUT2D eigenvalue weighted by Crippen LogP contribution is 2.52. The first-order valence-electron chi connectivity index (χ1n) is 11.5. The molecule has 0 bridgehead atoms. The standard InChI is InChI=1S/C31H31N/c1-30(2,3)32-28-18-16-24(22-12-8-6-9-13-22)20-26(28)31(4,5)27-21-25(17-19-29(27)32)23-14-10-7-11-15-23/h6-21H,1-5H3. The van der Waals surface area contributed by atoms with Crippen molar-refractivity contribution in [3.05, 3.63) is 108 Å². The molecule has 0 fully saturated rings. The van der Waals surface area contributed by atoms with Crippen molar-refractivity contribution in [2.75, 3.05) is 4.90 Å². The Balaban J connectivity index is 1.74. The van der Waals surface area contributed by atoms with E-state index in [0.29, 0.717) is 0 Å². The maximum absolute atomic E-state index is 2.52. The first-order valence-corrected chi connectivity index (χ1v) is 11.5. The summed E-state index contributed by atoms with van der Waals surface area (Å²) in [5.41, 5.74) is 10.3. The van der Waals surface area contributed by atoms with Crippen molar-refractivity contribution in [3.63, 3.8) is 0 Å². The van der Waals surface area contributed by atoms with Crippen LogP contribution in [0.15, 0.2) is 97.1 Å².